The summed E-state index contributed by atoms with van der Waals surface area (Å²) in [5.41, 5.74) is 1.10. The highest BCUT2D eigenvalue weighted by Gasteiger charge is 2.22. The summed E-state index contributed by atoms with van der Waals surface area (Å²) in [6, 6.07) is 7.48. The number of carbonyl (C=O) groups is 1. The van der Waals surface area contributed by atoms with Crippen molar-refractivity contribution in [2.45, 2.75) is 32.8 Å². The van der Waals surface area contributed by atoms with Gasteiger partial charge < -0.3 is 4.74 Å². The Balaban J connectivity index is 2.31. The Bertz CT molecular complexity index is 543. The van der Waals surface area contributed by atoms with Gasteiger partial charge in [-0.15, -0.1) is 0 Å². The number of imidazole rings is 1. The molecule has 4 nitrogen and oxygen atoms in total. The molecule has 0 atom stereocenters. The van der Waals surface area contributed by atoms with Crippen molar-refractivity contribution in [1.29, 1.82) is 0 Å². The Hall–Kier alpha value is -1.84. The Morgan fingerprint density at radius 1 is 1.41 bits per heavy atom. The van der Waals surface area contributed by atoms with E-state index in [4.69, 9.17) is 4.74 Å². The molecule has 0 aliphatic rings. The number of rotatable bonds is 2. The molecule has 0 fully saturated rings. The van der Waals surface area contributed by atoms with Crippen LogP contribution >= 0.6 is 0 Å². The van der Waals surface area contributed by atoms with E-state index in [1.165, 1.54) is 10.9 Å². The van der Waals surface area contributed by atoms with Crippen LogP contribution in [0.2, 0.25) is 0 Å². The van der Waals surface area contributed by atoms with E-state index in [1.54, 1.807) is 0 Å². The molecule has 0 saturated carbocycles. The molecule has 0 aliphatic heterocycles. The number of para-hydroxylation sites is 2. The SMILES string of the molecule is CCC(C)(C)OC(=O)n1cnc2ccccc21. The largest absolute Gasteiger partial charge is 0.443 e. The third-order valence-corrected chi connectivity index (χ3v) is 2.87. The molecule has 1 aromatic carbocycles. The van der Waals surface area contributed by atoms with E-state index in [0.29, 0.717) is 0 Å². The third-order valence-electron chi connectivity index (χ3n) is 2.87. The molecule has 90 valence electrons. The fourth-order valence-corrected chi connectivity index (χ4v) is 1.46. The summed E-state index contributed by atoms with van der Waals surface area (Å²) < 4.78 is 6.86. The van der Waals surface area contributed by atoms with Gasteiger partial charge in [0.2, 0.25) is 0 Å². The number of nitrogens with zero attached hydrogens (tertiary/aromatic N) is 2. The zero-order valence-corrected chi connectivity index (χ0v) is 10.3. The highest BCUT2D eigenvalue weighted by molar-refractivity contribution is 5.86. The van der Waals surface area contributed by atoms with E-state index in [9.17, 15) is 4.79 Å². The molecule has 0 N–H and O–H groups in total. The van der Waals surface area contributed by atoms with Gasteiger partial charge in [-0.05, 0) is 32.4 Å². The van der Waals surface area contributed by atoms with Crippen LogP contribution in [0.15, 0.2) is 30.6 Å². The van der Waals surface area contributed by atoms with Crippen LogP contribution in [0.3, 0.4) is 0 Å². The Labute approximate surface area is 100 Å². The van der Waals surface area contributed by atoms with Gasteiger partial charge in [0.15, 0.2) is 0 Å². The zero-order valence-electron chi connectivity index (χ0n) is 10.3. The second kappa shape index (κ2) is 4.20. The van der Waals surface area contributed by atoms with E-state index < -0.39 is 5.60 Å². The van der Waals surface area contributed by atoms with Crippen LogP contribution in [0.25, 0.3) is 11.0 Å². The molecule has 0 bridgehead atoms. The molecule has 0 radical (unpaired) electrons. The summed E-state index contributed by atoms with van der Waals surface area (Å²) in [4.78, 5) is 16.2. The fourth-order valence-electron chi connectivity index (χ4n) is 1.46. The quantitative estimate of drug-likeness (QED) is 0.798. The van der Waals surface area contributed by atoms with Crippen LogP contribution in [0.4, 0.5) is 4.79 Å². The van der Waals surface area contributed by atoms with Crippen molar-refractivity contribution in [3.05, 3.63) is 30.6 Å². The predicted molar refractivity (Wildman–Crippen MR) is 66.0 cm³/mol. The smallest absolute Gasteiger partial charge is 0.420 e. The van der Waals surface area contributed by atoms with Crippen LogP contribution < -0.4 is 0 Å². The lowest BCUT2D eigenvalue weighted by Crippen LogP contribution is -2.29. The standard InChI is InChI=1S/C13H16N2O2/c1-4-13(2,3)17-12(16)15-9-14-10-7-5-6-8-11(10)15/h5-9H,4H2,1-3H3. The summed E-state index contributed by atoms with van der Waals surface area (Å²) in [6.45, 7) is 5.77. The van der Waals surface area contributed by atoms with E-state index >= 15 is 0 Å². The molecule has 0 amide bonds. The number of carbonyl (C=O) groups excluding carboxylic acids is 1. The van der Waals surface area contributed by atoms with Gasteiger partial charge in [-0.25, -0.2) is 14.3 Å². The van der Waals surface area contributed by atoms with E-state index in [-0.39, 0.29) is 6.09 Å². The van der Waals surface area contributed by atoms with Crippen LogP contribution in [-0.4, -0.2) is 21.2 Å². The van der Waals surface area contributed by atoms with Crippen LogP contribution in [0.1, 0.15) is 27.2 Å². The van der Waals surface area contributed by atoms with Crippen molar-refractivity contribution >= 4 is 17.1 Å². The van der Waals surface area contributed by atoms with Gasteiger partial charge in [-0.2, -0.15) is 0 Å². The fraction of sp³-hybridized carbons (Fsp3) is 0.385. The molecule has 0 unspecified atom stereocenters. The van der Waals surface area contributed by atoms with Crippen LogP contribution in [0, 0.1) is 0 Å². The lowest BCUT2D eigenvalue weighted by molar-refractivity contribution is 0.0378. The van der Waals surface area contributed by atoms with Crippen molar-refractivity contribution in [3.8, 4) is 0 Å². The van der Waals surface area contributed by atoms with Crippen molar-refractivity contribution in [1.82, 2.24) is 9.55 Å². The molecule has 2 aromatic rings. The minimum atomic E-state index is -0.456. The van der Waals surface area contributed by atoms with Gasteiger partial charge in [0.05, 0.1) is 11.0 Å². The molecular weight excluding hydrogens is 216 g/mol. The number of ether oxygens (including phenoxy) is 1. The summed E-state index contributed by atoms with van der Waals surface area (Å²) >= 11 is 0. The molecule has 1 heterocycles. The van der Waals surface area contributed by atoms with Gasteiger partial charge in [0.25, 0.3) is 0 Å². The minimum Gasteiger partial charge on any atom is -0.443 e. The average Bonchev–Trinajstić information content (AvgIpc) is 2.72. The maximum absolute atomic E-state index is 12.0. The van der Waals surface area contributed by atoms with Gasteiger partial charge in [-0.3, -0.25) is 0 Å². The van der Waals surface area contributed by atoms with Gasteiger partial charge in [0, 0.05) is 0 Å². The number of aromatic nitrogens is 2. The molecule has 1 aromatic heterocycles. The van der Waals surface area contributed by atoms with Crippen molar-refractivity contribution in [2.24, 2.45) is 0 Å². The first-order chi connectivity index (χ1) is 8.03. The topological polar surface area (TPSA) is 44.1 Å². The maximum atomic E-state index is 12.0. The second-order valence-corrected chi connectivity index (χ2v) is 4.58. The Morgan fingerprint density at radius 3 is 2.82 bits per heavy atom. The zero-order chi connectivity index (χ0) is 12.5. The number of benzene rings is 1. The van der Waals surface area contributed by atoms with E-state index in [2.05, 4.69) is 4.98 Å². The van der Waals surface area contributed by atoms with Crippen molar-refractivity contribution < 1.29 is 9.53 Å². The highest BCUT2D eigenvalue weighted by atomic mass is 16.6. The Morgan fingerprint density at radius 2 is 2.12 bits per heavy atom. The predicted octanol–water partition coefficient (Wildman–Crippen LogP) is 3.21. The van der Waals surface area contributed by atoms with Gasteiger partial charge in [0.1, 0.15) is 11.9 Å². The lowest BCUT2D eigenvalue weighted by atomic mass is 10.1. The lowest BCUT2D eigenvalue weighted by Gasteiger charge is -2.23. The van der Waals surface area contributed by atoms with Gasteiger partial charge in [-0.1, -0.05) is 19.1 Å². The van der Waals surface area contributed by atoms with Crippen LogP contribution in [0.5, 0.6) is 0 Å². The molecule has 2 rings (SSSR count). The second-order valence-electron chi connectivity index (χ2n) is 4.58. The molecule has 0 spiro atoms. The van der Waals surface area contributed by atoms with Gasteiger partial charge >= 0.3 is 6.09 Å². The number of hydrogen-bond donors (Lipinski definition) is 0. The molecule has 17 heavy (non-hydrogen) atoms. The maximum Gasteiger partial charge on any atom is 0.420 e. The summed E-state index contributed by atoms with van der Waals surface area (Å²) in [6.07, 6.45) is 1.88. The number of fused-ring (bicyclic) bond motifs is 1. The van der Waals surface area contributed by atoms with E-state index in [0.717, 1.165) is 17.5 Å². The average molecular weight is 232 g/mol. The molecule has 4 heteroatoms. The van der Waals surface area contributed by atoms with Crippen molar-refractivity contribution in [2.75, 3.05) is 0 Å². The normalized spacial score (nSPS) is 11.7. The Kier molecular flexibility index (Phi) is 2.88. The molecule has 0 aliphatic carbocycles. The monoisotopic (exact) mass is 232 g/mol. The summed E-state index contributed by atoms with van der Waals surface area (Å²) in [5, 5.41) is 0. The van der Waals surface area contributed by atoms with Crippen molar-refractivity contribution in [3.63, 3.8) is 0 Å². The van der Waals surface area contributed by atoms with Crippen LogP contribution in [-0.2, 0) is 4.74 Å². The molecule has 0 saturated heterocycles. The third kappa shape index (κ3) is 2.30. The summed E-state index contributed by atoms with van der Waals surface area (Å²) in [5.74, 6) is 0. The first kappa shape index (κ1) is 11.6. The summed E-state index contributed by atoms with van der Waals surface area (Å²) in [7, 11) is 0. The minimum absolute atomic E-state index is 0.384. The first-order valence-corrected chi connectivity index (χ1v) is 5.69. The first-order valence-electron chi connectivity index (χ1n) is 5.69. The molecular formula is C13H16N2O2. The number of hydrogen-bond acceptors (Lipinski definition) is 3. The highest BCUT2D eigenvalue weighted by Crippen LogP contribution is 2.17. The van der Waals surface area contributed by atoms with E-state index in [1.807, 2.05) is 45.0 Å².